The van der Waals surface area contributed by atoms with E-state index in [4.69, 9.17) is 0 Å². The number of halogens is 1. The molecule has 6 heteroatoms. The number of amides is 2. The Hall–Kier alpha value is -3.12. The van der Waals surface area contributed by atoms with E-state index in [1.54, 1.807) is 34.9 Å². The zero-order valence-electron chi connectivity index (χ0n) is 20.4. The molecular weight excluding hydrogens is 471 g/mol. The Labute approximate surface area is 217 Å². The molecule has 4 rings (SSSR count). The van der Waals surface area contributed by atoms with Gasteiger partial charge in [-0.1, -0.05) is 79.6 Å². The number of nitrogens with one attached hydrogen (secondary N) is 1. The molecule has 1 atom stereocenters. The van der Waals surface area contributed by atoms with Gasteiger partial charge in [0.2, 0.25) is 11.8 Å². The molecule has 1 aliphatic carbocycles. The summed E-state index contributed by atoms with van der Waals surface area (Å²) in [5.74, 6) is -0.0993. The molecule has 1 unspecified atom stereocenters. The van der Waals surface area contributed by atoms with Crippen molar-refractivity contribution < 1.29 is 14.0 Å². The zero-order chi connectivity index (χ0) is 25.2. The van der Waals surface area contributed by atoms with Crippen molar-refractivity contribution in [2.24, 2.45) is 0 Å². The third-order valence-corrected chi connectivity index (χ3v) is 7.61. The summed E-state index contributed by atoms with van der Waals surface area (Å²) in [4.78, 5) is 29.9. The van der Waals surface area contributed by atoms with E-state index in [2.05, 4.69) is 5.32 Å². The third-order valence-electron chi connectivity index (χ3n) is 6.60. The fourth-order valence-electron chi connectivity index (χ4n) is 4.65. The first-order valence-electron chi connectivity index (χ1n) is 12.6. The second-order valence-corrected chi connectivity index (χ2v) is 10.4. The Kier molecular flexibility index (Phi) is 9.56. The first-order valence-corrected chi connectivity index (χ1v) is 13.6. The minimum atomic E-state index is -0.721. The van der Waals surface area contributed by atoms with Crippen LogP contribution in [-0.2, 0) is 22.6 Å². The summed E-state index contributed by atoms with van der Waals surface area (Å²) >= 11 is 1.60. The lowest BCUT2D eigenvalue weighted by Crippen LogP contribution is -2.52. The summed E-state index contributed by atoms with van der Waals surface area (Å²) < 4.78 is 14.7. The van der Waals surface area contributed by atoms with Crippen LogP contribution in [0.15, 0.2) is 89.8 Å². The third kappa shape index (κ3) is 7.44. The van der Waals surface area contributed by atoms with E-state index in [1.807, 2.05) is 60.7 Å². The molecule has 0 spiro atoms. The first kappa shape index (κ1) is 26.0. The van der Waals surface area contributed by atoms with Crippen LogP contribution in [0.4, 0.5) is 4.39 Å². The summed E-state index contributed by atoms with van der Waals surface area (Å²) in [6, 6.07) is 25.5. The van der Waals surface area contributed by atoms with Crippen LogP contribution in [-0.4, -0.2) is 34.6 Å². The van der Waals surface area contributed by atoms with Gasteiger partial charge in [-0.25, -0.2) is 4.39 Å². The molecule has 1 saturated carbocycles. The lowest BCUT2D eigenvalue weighted by molar-refractivity contribution is -0.141. The molecule has 0 radical (unpaired) electrons. The Bertz CT molecular complexity index is 1120. The highest BCUT2D eigenvalue weighted by molar-refractivity contribution is 7.99. The van der Waals surface area contributed by atoms with Gasteiger partial charge in [-0.2, -0.15) is 0 Å². The van der Waals surface area contributed by atoms with E-state index >= 15 is 0 Å². The Morgan fingerprint density at radius 2 is 1.56 bits per heavy atom. The van der Waals surface area contributed by atoms with E-state index in [1.165, 1.54) is 6.07 Å². The van der Waals surface area contributed by atoms with Crippen LogP contribution >= 0.6 is 11.8 Å². The molecule has 0 aliphatic heterocycles. The van der Waals surface area contributed by atoms with Crippen LogP contribution in [0, 0.1) is 5.82 Å². The maximum absolute atomic E-state index is 14.7. The van der Waals surface area contributed by atoms with Gasteiger partial charge in [0.25, 0.3) is 0 Å². The molecule has 0 aromatic heterocycles. The average Bonchev–Trinajstić information content (AvgIpc) is 3.41. The van der Waals surface area contributed by atoms with Crippen molar-refractivity contribution >= 4 is 23.6 Å². The summed E-state index contributed by atoms with van der Waals surface area (Å²) in [7, 11) is 0. The predicted octanol–water partition coefficient (Wildman–Crippen LogP) is 6.01. The molecule has 0 saturated heterocycles. The first-order chi connectivity index (χ1) is 17.6. The number of benzene rings is 3. The monoisotopic (exact) mass is 504 g/mol. The topological polar surface area (TPSA) is 49.4 Å². The van der Waals surface area contributed by atoms with E-state index in [0.717, 1.165) is 36.1 Å². The highest BCUT2D eigenvalue weighted by atomic mass is 32.2. The molecule has 1 fully saturated rings. The van der Waals surface area contributed by atoms with Crippen molar-refractivity contribution in [1.29, 1.82) is 0 Å². The van der Waals surface area contributed by atoms with Gasteiger partial charge in [-0.15, -0.1) is 11.8 Å². The molecule has 2 amide bonds. The van der Waals surface area contributed by atoms with Crippen molar-refractivity contribution in [2.45, 2.75) is 62.0 Å². The standard InChI is InChI=1S/C30H33FN2O2S/c31-27-18-10-7-13-24(27)22-33(29(34)19-20-36-26-16-5-2-6-17-26)28(21-23-11-3-1-4-12-23)30(35)32-25-14-8-9-15-25/h1-7,10-13,16-18,25,28H,8-9,14-15,19-22H2,(H,32,35). The summed E-state index contributed by atoms with van der Waals surface area (Å²) in [5.41, 5.74) is 1.38. The molecule has 1 N–H and O–H groups in total. The smallest absolute Gasteiger partial charge is 0.243 e. The average molecular weight is 505 g/mol. The summed E-state index contributed by atoms with van der Waals surface area (Å²) in [6.45, 7) is 0.0527. The maximum atomic E-state index is 14.7. The fraction of sp³-hybridized carbons (Fsp3) is 0.333. The van der Waals surface area contributed by atoms with Crippen LogP contribution in [0.25, 0.3) is 0 Å². The molecule has 0 bridgehead atoms. The van der Waals surface area contributed by atoms with E-state index in [-0.39, 0.29) is 36.6 Å². The number of rotatable bonds is 11. The van der Waals surface area contributed by atoms with Gasteiger partial charge in [-0.3, -0.25) is 9.59 Å². The molecule has 3 aromatic carbocycles. The number of carbonyl (C=O) groups excluding carboxylic acids is 2. The largest absolute Gasteiger partial charge is 0.352 e. The van der Waals surface area contributed by atoms with Gasteiger partial charge in [0.1, 0.15) is 11.9 Å². The summed E-state index contributed by atoms with van der Waals surface area (Å²) in [6.07, 6.45) is 4.75. The number of hydrogen-bond acceptors (Lipinski definition) is 3. The Balaban J connectivity index is 1.57. The van der Waals surface area contributed by atoms with Gasteiger partial charge < -0.3 is 10.2 Å². The van der Waals surface area contributed by atoms with Crippen molar-refractivity contribution in [3.05, 3.63) is 102 Å². The maximum Gasteiger partial charge on any atom is 0.243 e. The van der Waals surface area contributed by atoms with Crippen LogP contribution in [0.3, 0.4) is 0 Å². The van der Waals surface area contributed by atoms with Gasteiger partial charge in [0.05, 0.1) is 0 Å². The number of nitrogens with zero attached hydrogens (tertiary/aromatic N) is 1. The van der Waals surface area contributed by atoms with Crippen LogP contribution in [0.5, 0.6) is 0 Å². The summed E-state index contributed by atoms with van der Waals surface area (Å²) in [5, 5.41) is 3.19. The molecule has 4 nitrogen and oxygen atoms in total. The van der Waals surface area contributed by atoms with Crippen LogP contribution in [0.2, 0.25) is 0 Å². The minimum Gasteiger partial charge on any atom is -0.352 e. The number of thioether (sulfide) groups is 1. The lowest BCUT2D eigenvalue weighted by atomic mass is 10.0. The van der Waals surface area contributed by atoms with Gasteiger partial charge in [-0.05, 0) is 36.6 Å². The van der Waals surface area contributed by atoms with Crippen molar-refractivity contribution in [3.8, 4) is 0 Å². The van der Waals surface area contributed by atoms with Crippen molar-refractivity contribution in [2.75, 3.05) is 5.75 Å². The highest BCUT2D eigenvalue weighted by Gasteiger charge is 2.32. The minimum absolute atomic E-state index is 0.0527. The normalized spacial score (nSPS) is 14.4. The van der Waals surface area contributed by atoms with Crippen LogP contribution < -0.4 is 5.32 Å². The molecule has 0 heterocycles. The van der Waals surface area contributed by atoms with Crippen molar-refractivity contribution in [1.82, 2.24) is 10.2 Å². The fourth-order valence-corrected chi connectivity index (χ4v) is 5.51. The van der Waals surface area contributed by atoms with E-state index in [9.17, 15) is 14.0 Å². The Morgan fingerprint density at radius 3 is 2.25 bits per heavy atom. The molecule has 36 heavy (non-hydrogen) atoms. The highest BCUT2D eigenvalue weighted by Crippen LogP contribution is 2.23. The number of hydrogen-bond donors (Lipinski definition) is 1. The molecular formula is C30H33FN2O2S. The Morgan fingerprint density at radius 1 is 0.917 bits per heavy atom. The van der Waals surface area contributed by atoms with Gasteiger partial charge in [0, 0.05) is 41.6 Å². The SMILES string of the molecule is O=C(NC1CCCC1)C(Cc1ccccc1)N(Cc1ccccc1F)C(=O)CCSc1ccccc1. The zero-order valence-corrected chi connectivity index (χ0v) is 21.3. The lowest BCUT2D eigenvalue weighted by Gasteiger charge is -2.32. The van der Waals surface area contributed by atoms with Gasteiger partial charge >= 0.3 is 0 Å². The van der Waals surface area contributed by atoms with Crippen molar-refractivity contribution in [3.63, 3.8) is 0 Å². The predicted molar refractivity (Wildman–Crippen MR) is 143 cm³/mol. The second-order valence-electron chi connectivity index (χ2n) is 9.22. The van der Waals surface area contributed by atoms with E-state index < -0.39 is 6.04 Å². The van der Waals surface area contributed by atoms with E-state index in [0.29, 0.717) is 17.7 Å². The van der Waals surface area contributed by atoms with Crippen LogP contribution in [0.1, 0.15) is 43.2 Å². The van der Waals surface area contributed by atoms with Gasteiger partial charge in [0.15, 0.2) is 0 Å². The second kappa shape index (κ2) is 13.3. The quantitative estimate of drug-likeness (QED) is 0.326. The molecule has 1 aliphatic rings. The molecule has 188 valence electrons. The molecule has 3 aromatic rings. The number of carbonyl (C=O) groups is 2.